The lowest BCUT2D eigenvalue weighted by molar-refractivity contribution is -0.384. The van der Waals surface area contributed by atoms with E-state index in [0.717, 1.165) is 10.9 Å². The Morgan fingerprint density at radius 3 is 2.62 bits per heavy atom. The number of nitro groups is 1. The van der Waals surface area contributed by atoms with Crippen molar-refractivity contribution in [1.82, 2.24) is 4.98 Å². The lowest BCUT2D eigenvalue weighted by Gasteiger charge is -2.11. The maximum absolute atomic E-state index is 12.4. The van der Waals surface area contributed by atoms with Crippen molar-refractivity contribution in [2.45, 2.75) is 19.8 Å². The lowest BCUT2D eigenvalue weighted by Crippen LogP contribution is -2.13. The minimum Gasteiger partial charge on any atom is -0.322 e. The van der Waals surface area contributed by atoms with Gasteiger partial charge in [-0.05, 0) is 29.7 Å². The first-order chi connectivity index (χ1) is 12.3. The van der Waals surface area contributed by atoms with E-state index < -0.39 is 10.8 Å². The van der Waals surface area contributed by atoms with E-state index in [0.29, 0.717) is 11.2 Å². The van der Waals surface area contributed by atoms with Crippen molar-refractivity contribution in [1.29, 1.82) is 0 Å². The second kappa shape index (κ2) is 6.79. The maximum atomic E-state index is 12.4. The SMILES string of the molecule is CC(C)c1cc(=O)[nH]c2cc(NC(=O)c3cccc([N+](=O)[O-])c3)ccc12. The van der Waals surface area contributed by atoms with Crippen molar-refractivity contribution in [3.8, 4) is 0 Å². The molecule has 7 nitrogen and oxygen atoms in total. The summed E-state index contributed by atoms with van der Waals surface area (Å²) in [4.78, 5) is 37.3. The number of nitro benzene ring substituents is 1. The van der Waals surface area contributed by atoms with Crippen LogP contribution < -0.4 is 10.9 Å². The molecule has 3 rings (SSSR count). The van der Waals surface area contributed by atoms with E-state index in [9.17, 15) is 19.7 Å². The first-order valence-corrected chi connectivity index (χ1v) is 8.08. The number of rotatable bonds is 4. The Morgan fingerprint density at radius 1 is 1.15 bits per heavy atom. The van der Waals surface area contributed by atoms with Crippen LogP contribution in [0.4, 0.5) is 11.4 Å². The fourth-order valence-corrected chi connectivity index (χ4v) is 2.81. The maximum Gasteiger partial charge on any atom is 0.270 e. The van der Waals surface area contributed by atoms with Gasteiger partial charge in [0.15, 0.2) is 0 Å². The zero-order valence-electron chi connectivity index (χ0n) is 14.3. The Kier molecular flexibility index (Phi) is 4.53. The zero-order chi connectivity index (χ0) is 18.8. The Bertz CT molecular complexity index is 1070. The molecule has 0 radical (unpaired) electrons. The topological polar surface area (TPSA) is 105 Å². The molecule has 1 heterocycles. The Morgan fingerprint density at radius 2 is 1.92 bits per heavy atom. The third kappa shape index (κ3) is 3.46. The van der Waals surface area contributed by atoms with Crippen LogP contribution in [-0.4, -0.2) is 15.8 Å². The molecule has 0 aliphatic heterocycles. The van der Waals surface area contributed by atoms with Crippen molar-refractivity contribution in [2.24, 2.45) is 0 Å². The highest BCUT2D eigenvalue weighted by Crippen LogP contribution is 2.25. The van der Waals surface area contributed by atoms with E-state index in [2.05, 4.69) is 10.3 Å². The molecule has 1 amide bonds. The molecule has 0 spiro atoms. The van der Waals surface area contributed by atoms with Gasteiger partial charge in [-0.15, -0.1) is 0 Å². The molecule has 26 heavy (non-hydrogen) atoms. The number of pyridine rings is 1. The summed E-state index contributed by atoms with van der Waals surface area (Å²) >= 11 is 0. The van der Waals surface area contributed by atoms with Crippen LogP contribution in [-0.2, 0) is 0 Å². The molecule has 2 aromatic carbocycles. The Hall–Kier alpha value is -3.48. The molecule has 0 aliphatic rings. The van der Waals surface area contributed by atoms with Crippen LogP contribution in [0.25, 0.3) is 10.9 Å². The highest BCUT2D eigenvalue weighted by molar-refractivity contribution is 6.05. The highest BCUT2D eigenvalue weighted by atomic mass is 16.6. The van der Waals surface area contributed by atoms with Gasteiger partial charge in [-0.2, -0.15) is 0 Å². The van der Waals surface area contributed by atoms with E-state index in [1.807, 2.05) is 19.9 Å². The standard InChI is InChI=1S/C19H17N3O4/c1-11(2)16-10-18(23)21-17-9-13(6-7-15(16)17)20-19(24)12-4-3-5-14(8-12)22(25)26/h3-11H,1-2H3,(H,20,24)(H,21,23). The van der Waals surface area contributed by atoms with Gasteiger partial charge in [-0.25, -0.2) is 0 Å². The fraction of sp³-hybridized carbons (Fsp3) is 0.158. The number of H-pyrrole nitrogens is 1. The largest absolute Gasteiger partial charge is 0.322 e. The van der Waals surface area contributed by atoms with E-state index in [4.69, 9.17) is 0 Å². The van der Waals surface area contributed by atoms with Gasteiger partial charge in [-0.1, -0.05) is 26.0 Å². The summed E-state index contributed by atoms with van der Waals surface area (Å²) in [7, 11) is 0. The molecule has 3 aromatic rings. The number of nitrogens with zero attached hydrogens (tertiary/aromatic N) is 1. The van der Waals surface area contributed by atoms with Gasteiger partial charge < -0.3 is 10.3 Å². The number of carbonyl (C=O) groups is 1. The first kappa shape index (κ1) is 17.3. The van der Waals surface area contributed by atoms with E-state index in [1.54, 1.807) is 18.2 Å². The molecule has 0 saturated carbocycles. The number of aromatic nitrogens is 1. The molecule has 0 unspecified atom stereocenters. The van der Waals surface area contributed by atoms with Crippen LogP contribution in [0.15, 0.2) is 53.3 Å². The average Bonchev–Trinajstić information content (AvgIpc) is 2.60. The number of nitrogens with one attached hydrogen (secondary N) is 2. The van der Waals surface area contributed by atoms with Gasteiger partial charge in [0.2, 0.25) is 5.56 Å². The van der Waals surface area contributed by atoms with Gasteiger partial charge in [0.05, 0.1) is 10.4 Å². The number of amides is 1. The summed E-state index contributed by atoms with van der Waals surface area (Å²) in [5.41, 5.74) is 1.87. The van der Waals surface area contributed by atoms with Gasteiger partial charge in [0, 0.05) is 34.8 Å². The summed E-state index contributed by atoms with van der Waals surface area (Å²) in [6, 6.07) is 12.3. The molecular weight excluding hydrogens is 334 g/mol. The minimum atomic E-state index is -0.551. The number of fused-ring (bicyclic) bond motifs is 1. The lowest BCUT2D eigenvalue weighted by atomic mass is 9.99. The zero-order valence-corrected chi connectivity index (χ0v) is 14.3. The van der Waals surface area contributed by atoms with E-state index in [1.165, 1.54) is 24.3 Å². The van der Waals surface area contributed by atoms with E-state index >= 15 is 0 Å². The second-order valence-electron chi connectivity index (χ2n) is 6.27. The van der Waals surface area contributed by atoms with Crippen LogP contribution in [0.1, 0.15) is 35.7 Å². The molecule has 2 N–H and O–H groups in total. The normalized spacial score (nSPS) is 10.9. The molecule has 132 valence electrons. The number of anilines is 1. The van der Waals surface area contributed by atoms with Crippen LogP contribution in [0.5, 0.6) is 0 Å². The van der Waals surface area contributed by atoms with Gasteiger partial charge in [0.25, 0.3) is 11.6 Å². The summed E-state index contributed by atoms with van der Waals surface area (Å²) < 4.78 is 0. The second-order valence-corrected chi connectivity index (χ2v) is 6.27. The van der Waals surface area contributed by atoms with Crippen LogP contribution in [0.2, 0.25) is 0 Å². The number of carbonyl (C=O) groups excluding carboxylic acids is 1. The fourth-order valence-electron chi connectivity index (χ4n) is 2.81. The Balaban J connectivity index is 1.94. The van der Waals surface area contributed by atoms with Crippen molar-refractivity contribution >= 4 is 28.2 Å². The number of hydrogen-bond acceptors (Lipinski definition) is 4. The summed E-state index contributed by atoms with van der Waals surface area (Å²) in [6.45, 7) is 4.01. The van der Waals surface area contributed by atoms with Crippen molar-refractivity contribution in [3.63, 3.8) is 0 Å². The molecular formula is C19H17N3O4. The van der Waals surface area contributed by atoms with Crippen LogP contribution >= 0.6 is 0 Å². The quantitative estimate of drug-likeness (QED) is 0.551. The smallest absolute Gasteiger partial charge is 0.270 e. The molecule has 0 aliphatic carbocycles. The molecule has 0 fully saturated rings. The van der Waals surface area contributed by atoms with Crippen molar-refractivity contribution in [2.75, 3.05) is 5.32 Å². The molecule has 7 heteroatoms. The van der Waals surface area contributed by atoms with Gasteiger partial charge in [-0.3, -0.25) is 19.7 Å². The van der Waals surface area contributed by atoms with Crippen molar-refractivity contribution < 1.29 is 9.72 Å². The summed E-state index contributed by atoms with van der Waals surface area (Å²) in [6.07, 6.45) is 0. The predicted octanol–water partition coefficient (Wildman–Crippen LogP) is 3.81. The number of aromatic amines is 1. The minimum absolute atomic E-state index is 0.151. The van der Waals surface area contributed by atoms with Crippen LogP contribution in [0, 0.1) is 10.1 Å². The number of benzene rings is 2. The third-order valence-electron chi connectivity index (χ3n) is 4.07. The average molecular weight is 351 g/mol. The van der Waals surface area contributed by atoms with E-state index in [-0.39, 0.29) is 22.7 Å². The molecule has 1 aromatic heterocycles. The molecule has 0 bridgehead atoms. The molecule has 0 atom stereocenters. The Labute approximate surface area is 148 Å². The highest BCUT2D eigenvalue weighted by Gasteiger charge is 2.13. The number of hydrogen-bond donors (Lipinski definition) is 2. The molecule has 0 saturated heterocycles. The third-order valence-corrected chi connectivity index (χ3v) is 4.07. The first-order valence-electron chi connectivity index (χ1n) is 8.08. The number of non-ortho nitro benzene ring substituents is 1. The summed E-state index contributed by atoms with van der Waals surface area (Å²) in [5, 5.41) is 14.5. The summed E-state index contributed by atoms with van der Waals surface area (Å²) in [5.74, 6) is -0.277. The van der Waals surface area contributed by atoms with Crippen LogP contribution in [0.3, 0.4) is 0 Å². The predicted molar refractivity (Wildman–Crippen MR) is 99.7 cm³/mol. The monoisotopic (exact) mass is 351 g/mol. The van der Waals surface area contributed by atoms with Crippen molar-refractivity contribution in [3.05, 3.63) is 80.1 Å². The van der Waals surface area contributed by atoms with Gasteiger partial charge >= 0.3 is 0 Å². The van der Waals surface area contributed by atoms with Gasteiger partial charge in [0.1, 0.15) is 0 Å².